The lowest BCUT2D eigenvalue weighted by molar-refractivity contribution is 0.179. The largest absolute Gasteiger partial charge is 0.491 e. The van der Waals surface area contributed by atoms with Crippen LogP contribution in [0.25, 0.3) is 0 Å². The summed E-state index contributed by atoms with van der Waals surface area (Å²) < 4.78 is 10.6. The van der Waals surface area contributed by atoms with Crippen molar-refractivity contribution in [2.75, 3.05) is 20.3 Å². The maximum Gasteiger partial charge on any atom is 0.188 e. The number of nitrogens with zero attached hydrogens (tertiary/aromatic N) is 1. The van der Waals surface area contributed by atoms with Gasteiger partial charge in [0.25, 0.3) is 0 Å². The molecule has 3 N–H and O–H groups in total. The van der Waals surface area contributed by atoms with Gasteiger partial charge in [-0.3, -0.25) is 4.99 Å². The van der Waals surface area contributed by atoms with E-state index in [1.54, 1.807) is 7.11 Å². The molecule has 1 atom stereocenters. The lowest BCUT2D eigenvalue weighted by atomic mass is 10.1. The fraction of sp³-hybridized carbons (Fsp3) is 0.562. The summed E-state index contributed by atoms with van der Waals surface area (Å²) >= 11 is 0. The molecule has 0 aliphatic rings. The fourth-order valence-electron chi connectivity index (χ4n) is 1.90. The Balaban J connectivity index is 0.00000441. The van der Waals surface area contributed by atoms with Crippen LogP contribution in [0.1, 0.15) is 26.3 Å². The Morgan fingerprint density at radius 1 is 1.23 bits per heavy atom. The predicted molar refractivity (Wildman–Crippen MR) is 102 cm³/mol. The van der Waals surface area contributed by atoms with Crippen LogP contribution >= 0.6 is 24.0 Å². The minimum Gasteiger partial charge on any atom is -0.491 e. The van der Waals surface area contributed by atoms with E-state index in [4.69, 9.17) is 15.2 Å². The van der Waals surface area contributed by atoms with Crippen molar-refractivity contribution in [3.8, 4) is 5.75 Å². The minimum absolute atomic E-state index is 0. The molecule has 1 aromatic carbocycles. The van der Waals surface area contributed by atoms with Gasteiger partial charge in [-0.25, -0.2) is 0 Å². The van der Waals surface area contributed by atoms with E-state index in [9.17, 15) is 0 Å². The van der Waals surface area contributed by atoms with Gasteiger partial charge in [0.05, 0.1) is 12.7 Å². The van der Waals surface area contributed by atoms with Gasteiger partial charge in [-0.1, -0.05) is 12.1 Å². The molecule has 6 heteroatoms. The number of hydrogen-bond donors (Lipinski definition) is 2. The van der Waals surface area contributed by atoms with Crippen molar-refractivity contribution < 1.29 is 9.47 Å². The van der Waals surface area contributed by atoms with Crippen LogP contribution in [0, 0.1) is 0 Å². The second-order valence-corrected chi connectivity index (χ2v) is 5.33. The topological polar surface area (TPSA) is 68.9 Å². The molecule has 126 valence electrons. The molecule has 1 unspecified atom stereocenters. The first-order valence-corrected chi connectivity index (χ1v) is 7.32. The van der Waals surface area contributed by atoms with Gasteiger partial charge in [0.1, 0.15) is 5.75 Å². The molecule has 5 nitrogen and oxygen atoms in total. The van der Waals surface area contributed by atoms with Crippen LogP contribution in [-0.4, -0.2) is 38.4 Å². The van der Waals surface area contributed by atoms with E-state index in [1.807, 2.05) is 32.9 Å². The van der Waals surface area contributed by atoms with Gasteiger partial charge >= 0.3 is 0 Å². The molecule has 0 spiro atoms. The van der Waals surface area contributed by atoms with Crippen LogP contribution in [0.2, 0.25) is 0 Å². The summed E-state index contributed by atoms with van der Waals surface area (Å²) in [4.78, 5) is 4.31. The smallest absolute Gasteiger partial charge is 0.188 e. The van der Waals surface area contributed by atoms with Crippen molar-refractivity contribution in [1.29, 1.82) is 0 Å². The second kappa shape index (κ2) is 11.5. The molecule has 0 amide bonds. The Kier molecular flexibility index (Phi) is 11.0. The molecule has 0 fully saturated rings. The van der Waals surface area contributed by atoms with E-state index < -0.39 is 0 Å². The standard InChI is InChI=1S/C16H27N3O2.HI/c1-12(2)21-15-7-5-14(6-8-15)9-10-18-16(17)19-13(3)11-20-4;/h5-8,12-13H,9-11H2,1-4H3,(H3,17,18,19);1H. The van der Waals surface area contributed by atoms with E-state index in [1.165, 1.54) is 5.56 Å². The molecular weight excluding hydrogens is 393 g/mol. The second-order valence-electron chi connectivity index (χ2n) is 5.33. The number of hydrogen-bond acceptors (Lipinski definition) is 3. The minimum atomic E-state index is 0. The van der Waals surface area contributed by atoms with Crippen molar-refractivity contribution in [2.45, 2.75) is 39.3 Å². The summed E-state index contributed by atoms with van der Waals surface area (Å²) in [5, 5.41) is 3.08. The predicted octanol–water partition coefficient (Wildman–Crippen LogP) is 2.57. The summed E-state index contributed by atoms with van der Waals surface area (Å²) in [6.07, 6.45) is 1.05. The number of guanidine groups is 1. The molecule has 0 aromatic heterocycles. The molecular formula is C16H28IN3O2. The van der Waals surface area contributed by atoms with Crippen LogP contribution in [0.3, 0.4) is 0 Å². The van der Waals surface area contributed by atoms with Crippen LogP contribution in [-0.2, 0) is 11.2 Å². The number of nitrogens with one attached hydrogen (secondary N) is 1. The maximum atomic E-state index is 5.81. The molecule has 22 heavy (non-hydrogen) atoms. The third kappa shape index (κ3) is 9.09. The van der Waals surface area contributed by atoms with Crippen LogP contribution in [0.4, 0.5) is 0 Å². The first-order valence-electron chi connectivity index (χ1n) is 7.32. The number of ether oxygens (including phenoxy) is 2. The molecule has 0 aliphatic heterocycles. The zero-order valence-corrected chi connectivity index (χ0v) is 16.2. The summed E-state index contributed by atoms with van der Waals surface area (Å²) in [6.45, 7) is 7.29. The van der Waals surface area contributed by atoms with E-state index >= 15 is 0 Å². The number of nitrogens with two attached hydrogens (primary N) is 1. The molecule has 0 aliphatic carbocycles. The first kappa shape index (κ1) is 21.0. The third-order valence-corrected chi connectivity index (χ3v) is 2.79. The Hall–Kier alpha value is -1.02. The summed E-state index contributed by atoms with van der Waals surface area (Å²) in [6, 6.07) is 8.25. The summed E-state index contributed by atoms with van der Waals surface area (Å²) in [5.74, 6) is 1.35. The van der Waals surface area contributed by atoms with Crippen LogP contribution < -0.4 is 15.8 Å². The number of aliphatic imine (C=N–C) groups is 1. The number of halogens is 1. The zero-order valence-electron chi connectivity index (χ0n) is 13.8. The fourth-order valence-corrected chi connectivity index (χ4v) is 1.90. The van der Waals surface area contributed by atoms with E-state index in [0.717, 1.165) is 12.2 Å². The van der Waals surface area contributed by atoms with Gasteiger partial charge in [-0.2, -0.15) is 0 Å². The molecule has 0 saturated carbocycles. The molecule has 0 bridgehead atoms. The Morgan fingerprint density at radius 2 is 1.86 bits per heavy atom. The van der Waals surface area contributed by atoms with Crippen molar-refractivity contribution in [2.24, 2.45) is 10.7 Å². The van der Waals surface area contributed by atoms with Crippen molar-refractivity contribution >= 4 is 29.9 Å². The van der Waals surface area contributed by atoms with Crippen molar-refractivity contribution in [3.63, 3.8) is 0 Å². The van der Waals surface area contributed by atoms with Crippen LogP contribution in [0.15, 0.2) is 29.3 Å². The number of benzene rings is 1. The van der Waals surface area contributed by atoms with Gasteiger partial charge in [-0.05, 0) is 44.9 Å². The Morgan fingerprint density at radius 3 is 2.41 bits per heavy atom. The molecule has 1 aromatic rings. The maximum absolute atomic E-state index is 5.81. The lowest BCUT2D eigenvalue weighted by Gasteiger charge is -2.13. The van der Waals surface area contributed by atoms with Gasteiger partial charge in [0.15, 0.2) is 5.96 Å². The highest BCUT2D eigenvalue weighted by Gasteiger charge is 2.01. The van der Waals surface area contributed by atoms with Crippen molar-refractivity contribution in [1.82, 2.24) is 5.32 Å². The van der Waals surface area contributed by atoms with Gasteiger partial charge in [0, 0.05) is 19.7 Å². The first-order chi connectivity index (χ1) is 10.0. The SMILES string of the molecule is COCC(C)NC(N)=NCCc1ccc(OC(C)C)cc1.I. The van der Waals surface area contributed by atoms with E-state index in [-0.39, 0.29) is 36.1 Å². The highest BCUT2D eigenvalue weighted by Crippen LogP contribution is 2.14. The Labute approximate surface area is 150 Å². The highest BCUT2D eigenvalue weighted by atomic mass is 127. The van der Waals surface area contributed by atoms with Crippen molar-refractivity contribution in [3.05, 3.63) is 29.8 Å². The van der Waals surface area contributed by atoms with Crippen LogP contribution in [0.5, 0.6) is 5.75 Å². The summed E-state index contributed by atoms with van der Waals surface area (Å²) in [7, 11) is 1.66. The number of methoxy groups -OCH3 is 1. The number of rotatable bonds is 8. The van der Waals surface area contributed by atoms with E-state index in [0.29, 0.717) is 19.1 Å². The van der Waals surface area contributed by atoms with E-state index in [2.05, 4.69) is 22.4 Å². The highest BCUT2D eigenvalue weighted by molar-refractivity contribution is 14.0. The monoisotopic (exact) mass is 421 g/mol. The normalized spacial score (nSPS) is 12.7. The molecule has 0 radical (unpaired) electrons. The average molecular weight is 421 g/mol. The molecule has 0 saturated heterocycles. The molecule has 0 heterocycles. The third-order valence-electron chi connectivity index (χ3n) is 2.79. The molecule has 1 rings (SSSR count). The summed E-state index contributed by atoms with van der Waals surface area (Å²) in [5.41, 5.74) is 7.03. The average Bonchev–Trinajstić information content (AvgIpc) is 2.40. The quantitative estimate of drug-likeness (QED) is 0.385. The van der Waals surface area contributed by atoms with Gasteiger partial charge in [0.2, 0.25) is 0 Å². The Bertz CT molecular complexity index is 436. The van der Waals surface area contributed by atoms with Gasteiger partial charge in [-0.15, -0.1) is 24.0 Å². The van der Waals surface area contributed by atoms with Gasteiger partial charge < -0.3 is 20.5 Å². The zero-order chi connectivity index (χ0) is 15.7. The lowest BCUT2D eigenvalue weighted by Crippen LogP contribution is -2.40.